The second-order valence-electron chi connectivity index (χ2n) is 6.14. The van der Waals surface area contributed by atoms with E-state index in [1.54, 1.807) is 24.0 Å². The number of aliphatic imine (C=N–C) groups is 1. The van der Waals surface area contributed by atoms with Crippen LogP contribution in [0.3, 0.4) is 0 Å². The van der Waals surface area contributed by atoms with E-state index in [0.717, 1.165) is 24.6 Å². The molecule has 0 amide bonds. The molecule has 2 N–H and O–H groups in total. The van der Waals surface area contributed by atoms with E-state index in [0.29, 0.717) is 35.6 Å². The zero-order valence-electron chi connectivity index (χ0n) is 15.7. The Balaban J connectivity index is 0.00000280. The molecule has 0 spiro atoms. The van der Waals surface area contributed by atoms with Crippen molar-refractivity contribution < 1.29 is 4.74 Å². The van der Waals surface area contributed by atoms with Gasteiger partial charge in [-0.1, -0.05) is 23.2 Å². The van der Waals surface area contributed by atoms with Crippen LogP contribution in [0.2, 0.25) is 10.0 Å². The average Bonchev–Trinajstić information content (AvgIpc) is 3.10. The van der Waals surface area contributed by atoms with E-state index >= 15 is 0 Å². The number of halogens is 3. The zero-order valence-corrected chi connectivity index (χ0v) is 19.6. The molecule has 1 saturated heterocycles. The minimum Gasteiger partial charge on any atom is -0.370 e. The Bertz CT molecular complexity index is 802. The second kappa shape index (κ2) is 11.0. The Labute approximate surface area is 191 Å². The number of morpholine rings is 1. The topological polar surface area (TPSA) is 79.6 Å². The second-order valence-corrected chi connectivity index (χ2v) is 6.98. The molecule has 0 aliphatic carbocycles. The third-order valence-corrected chi connectivity index (χ3v) is 4.68. The standard InChI is InChI=1S/C17H23Cl2N7O.HI/c1-20-17(22-4-3-21-16-14(19)7-13(18)9-23-16)26-5-6-27-15(11-26)12-8-24-25(2)10-12;/h7-10,15H,3-6,11H2,1-2H3,(H,20,22)(H,21,23);1H. The normalized spacial score (nSPS) is 17.2. The van der Waals surface area contributed by atoms with Gasteiger partial charge in [-0.3, -0.25) is 9.67 Å². The summed E-state index contributed by atoms with van der Waals surface area (Å²) in [7, 11) is 3.68. The van der Waals surface area contributed by atoms with Crippen LogP contribution in [0.25, 0.3) is 0 Å². The predicted octanol–water partition coefficient (Wildman–Crippen LogP) is 2.80. The van der Waals surface area contributed by atoms with Gasteiger partial charge in [-0.05, 0) is 6.07 Å². The average molecular weight is 540 g/mol. The van der Waals surface area contributed by atoms with Crippen molar-refractivity contribution in [3.05, 3.63) is 40.3 Å². The third-order valence-electron chi connectivity index (χ3n) is 4.18. The van der Waals surface area contributed by atoms with Crippen LogP contribution in [0.15, 0.2) is 29.6 Å². The van der Waals surface area contributed by atoms with E-state index in [-0.39, 0.29) is 30.1 Å². The van der Waals surface area contributed by atoms with Gasteiger partial charge < -0.3 is 20.3 Å². The molecule has 154 valence electrons. The van der Waals surface area contributed by atoms with Crippen molar-refractivity contribution in [3.8, 4) is 0 Å². The number of aromatic nitrogens is 3. The highest BCUT2D eigenvalue weighted by Crippen LogP contribution is 2.22. The summed E-state index contributed by atoms with van der Waals surface area (Å²) in [5.74, 6) is 1.45. The summed E-state index contributed by atoms with van der Waals surface area (Å²) in [6.45, 7) is 3.46. The Kier molecular flexibility index (Phi) is 9.06. The fraction of sp³-hybridized carbons (Fsp3) is 0.471. The summed E-state index contributed by atoms with van der Waals surface area (Å²) in [5.41, 5.74) is 1.07. The molecule has 0 saturated carbocycles. The van der Waals surface area contributed by atoms with Crippen LogP contribution in [0.5, 0.6) is 0 Å². The summed E-state index contributed by atoms with van der Waals surface area (Å²) in [4.78, 5) is 10.8. The highest BCUT2D eigenvalue weighted by Gasteiger charge is 2.25. The van der Waals surface area contributed by atoms with Crippen molar-refractivity contribution in [3.63, 3.8) is 0 Å². The first-order chi connectivity index (χ1) is 13.1. The monoisotopic (exact) mass is 539 g/mol. The third kappa shape index (κ3) is 6.10. The van der Waals surface area contributed by atoms with Crippen LogP contribution in [0, 0.1) is 0 Å². The van der Waals surface area contributed by atoms with Gasteiger partial charge in [-0.2, -0.15) is 5.10 Å². The molecule has 1 aliphatic rings. The fourth-order valence-electron chi connectivity index (χ4n) is 2.88. The summed E-state index contributed by atoms with van der Waals surface area (Å²) >= 11 is 12.0. The molecular formula is C17H24Cl2IN7O. The van der Waals surface area contributed by atoms with Crippen molar-refractivity contribution in [2.75, 3.05) is 45.2 Å². The molecule has 1 fully saturated rings. The Morgan fingerprint density at radius 2 is 2.18 bits per heavy atom. The molecule has 0 aromatic carbocycles. The minimum absolute atomic E-state index is 0. The molecule has 3 heterocycles. The highest BCUT2D eigenvalue weighted by molar-refractivity contribution is 14.0. The number of aryl methyl sites for hydroxylation is 1. The van der Waals surface area contributed by atoms with Gasteiger partial charge in [0.15, 0.2) is 5.96 Å². The lowest BCUT2D eigenvalue weighted by Gasteiger charge is -2.34. The number of ether oxygens (including phenoxy) is 1. The van der Waals surface area contributed by atoms with E-state index in [1.165, 1.54) is 0 Å². The largest absolute Gasteiger partial charge is 0.370 e. The predicted molar refractivity (Wildman–Crippen MR) is 123 cm³/mol. The maximum atomic E-state index is 6.11. The number of nitrogens with zero attached hydrogens (tertiary/aromatic N) is 5. The molecule has 2 aromatic heterocycles. The number of hydrogen-bond donors (Lipinski definition) is 2. The quantitative estimate of drug-likeness (QED) is 0.263. The number of hydrogen-bond acceptors (Lipinski definition) is 5. The van der Waals surface area contributed by atoms with E-state index < -0.39 is 0 Å². The van der Waals surface area contributed by atoms with Crippen molar-refractivity contribution in [1.82, 2.24) is 25.0 Å². The number of rotatable bonds is 5. The van der Waals surface area contributed by atoms with Crippen molar-refractivity contribution in [2.45, 2.75) is 6.10 Å². The van der Waals surface area contributed by atoms with E-state index in [2.05, 4.69) is 30.6 Å². The summed E-state index contributed by atoms with van der Waals surface area (Å²) < 4.78 is 7.67. The molecule has 2 aromatic rings. The van der Waals surface area contributed by atoms with Crippen LogP contribution >= 0.6 is 47.2 Å². The van der Waals surface area contributed by atoms with Gasteiger partial charge in [0.1, 0.15) is 11.9 Å². The summed E-state index contributed by atoms with van der Waals surface area (Å²) in [5, 5.41) is 11.8. The van der Waals surface area contributed by atoms with Gasteiger partial charge in [0.25, 0.3) is 0 Å². The van der Waals surface area contributed by atoms with Crippen molar-refractivity contribution in [1.29, 1.82) is 0 Å². The van der Waals surface area contributed by atoms with Gasteiger partial charge in [0, 0.05) is 51.7 Å². The fourth-order valence-corrected chi connectivity index (χ4v) is 3.33. The molecule has 1 atom stereocenters. The van der Waals surface area contributed by atoms with Crippen LogP contribution in [-0.2, 0) is 11.8 Å². The lowest BCUT2D eigenvalue weighted by molar-refractivity contribution is -0.00799. The molecule has 8 nitrogen and oxygen atoms in total. The van der Waals surface area contributed by atoms with Crippen molar-refractivity contribution >= 4 is 59.0 Å². The first kappa shape index (κ1) is 23.0. The van der Waals surface area contributed by atoms with E-state index in [4.69, 9.17) is 27.9 Å². The number of guanidine groups is 1. The molecule has 0 bridgehead atoms. The van der Waals surface area contributed by atoms with Crippen LogP contribution in [0.4, 0.5) is 5.82 Å². The number of anilines is 1. The maximum Gasteiger partial charge on any atom is 0.193 e. The molecule has 0 radical (unpaired) electrons. The van der Waals surface area contributed by atoms with Crippen LogP contribution < -0.4 is 10.6 Å². The number of pyridine rings is 1. The summed E-state index contributed by atoms with van der Waals surface area (Å²) in [6.07, 6.45) is 5.38. The zero-order chi connectivity index (χ0) is 19.2. The van der Waals surface area contributed by atoms with E-state index in [9.17, 15) is 0 Å². The number of nitrogens with one attached hydrogen (secondary N) is 2. The Morgan fingerprint density at radius 1 is 1.36 bits per heavy atom. The van der Waals surface area contributed by atoms with Crippen LogP contribution in [0.1, 0.15) is 11.7 Å². The molecule has 28 heavy (non-hydrogen) atoms. The van der Waals surface area contributed by atoms with Gasteiger partial charge >= 0.3 is 0 Å². The van der Waals surface area contributed by atoms with E-state index in [1.807, 2.05) is 19.4 Å². The highest BCUT2D eigenvalue weighted by atomic mass is 127. The smallest absolute Gasteiger partial charge is 0.193 e. The summed E-state index contributed by atoms with van der Waals surface area (Å²) in [6, 6.07) is 1.66. The molecular weight excluding hydrogens is 516 g/mol. The first-order valence-corrected chi connectivity index (χ1v) is 9.43. The first-order valence-electron chi connectivity index (χ1n) is 8.67. The molecule has 1 aliphatic heterocycles. The maximum absolute atomic E-state index is 6.11. The Hall–Kier alpha value is -1.30. The van der Waals surface area contributed by atoms with Gasteiger partial charge in [-0.25, -0.2) is 4.98 Å². The minimum atomic E-state index is -0.0128. The van der Waals surface area contributed by atoms with Gasteiger partial charge in [0.05, 0.1) is 29.4 Å². The van der Waals surface area contributed by atoms with Gasteiger partial charge in [-0.15, -0.1) is 24.0 Å². The molecule has 1 unspecified atom stereocenters. The van der Waals surface area contributed by atoms with Crippen molar-refractivity contribution in [2.24, 2.45) is 12.0 Å². The molecule has 11 heteroatoms. The molecule has 3 rings (SSSR count). The van der Waals surface area contributed by atoms with Crippen LogP contribution in [-0.4, -0.2) is 65.5 Å². The lowest BCUT2D eigenvalue weighted by atomic mass is 10.1. The SMILES string of the molecule is CN=C(NCCNc1ncc(Cl)cc1Cl)N1CCOC(c2cnn(C)c2)C1.I. The Morgan fingerprint density at radius 3 is 2.86 bits per heavy atom. The van der Waals surface area contributed by atoms with Gasteiger partial charge in [0.2, 0.25) is 0 Å². The lowest BCUT2D eigenvalue weighted by Crippen LogP contribution is -2.49.